The van der Waals surface area contributed by atoms with E-state index >= 15 is 0 Å². The molecule has 0 saturated carbocycles. The lowest BCUT2D eigenvalue weighted by Gasteiger charge is -2.22. The van der Waals surface area contributed by atoms with Gasteiger partial charge in [0.05, 0.1) is 0 Å². The van der Waals surface area contributed by atoms with Crippen LogP contribution in [0.4, 0.5) is 0 Å². The van der Waals surface area contributed by atoms with Crippen molar-refractivity contribution in [2.24, 2.45) is 11.7 Å². The summed E-state index contributed by atoms with van der Waals surface area (Å²) in [6, 6.07) is 8.64. The van der Waals surface area contributed by atoms with Crippen molar-refractivity contribution in [1.29, 1.82) is 0 Å². The monoisotopic (exact) mass is 234 g/mol. The fraction of sp³-hybridized carbons (Fsp3) is 0.571. The molecular weight excluding hydrogens is 212 g/mol. The number of para-hydroxylation sites is 1. The van der Waals surface area contributed by atoms with Gasteiger partial charge in [0, 0.05) is 25.6 Å². The molecule has 0 saturated heterocycles. The number of hydrogen-bond acceptors (Lipinski definition) is 3. The molecule has 0 spiro atoms. The molecule has 3 heteroatoms. The summed E-state index contributed by atoms with van der Waals surface area (Å²) in [4.78, 5) is 0. The van der Waals surface area contributed by atoms with Gasteiger partial charge in [-0.15, -0.1) is 0 Å². The molecule has 0 amide bonds. The second-order valence-electron chi connectivity index (χ2n) is 5.05. The quantitative estimate of drug-likeness (QED) is 0.813. The summed E-state index contributed by atoms with van der Waals surface area (Å²) < 4.78 is 5.88. The predicted octanol–water partition coefficient (Wildman–Crippen LogP) is 1.56. The Morgan fingerprint density at radius 1 is 1.41 bits per heavy atom. The lowest BCUT2D eigenvalue weighted by molar-refractivity contribution is 0.215. The SMILES string of the molecule is CC(C)C(CN)NCC1Cc2ccccc2O1. The van der Waals surface area contributed by atoms with Gasteiger partial charge in [0.1, 0.15) is 11.9 Å². The van der Waals surface area contributed by atoms with E-state index in [1.165, 1.54) is 5.56 Å². The number of ether oxygens (including phenoxy) is 1. The second kappa shape index (κ2) is 5.52. The molecule has 3 N–H and O–H groups in total. The second-order valence-corrected chi connectivity index (χ2v) is 5.05. The van der Waals surface area contributed by atoms with Crippen LogP contribution in [0.3, 0.4) is 0 Å². The molecular formula is C14H22N2O. The van der Waals surface area contributed by atoms with E-state index in [1.54, 1.807) is 0 Å². The van der Waals surface area contributed by atoms with Crippen molar-refractivity contribution in [2.75, 3.05) is 13.1 Å². The van der Waals surface area contributed by atoms with Crippen LogP contribution in [-0.4, -0.2) is 25.2 Å². The van der Waals surface area contributed by atoms with E-state index in [-0.39, 0.29) is 6.10 Å². The van der Waals surface area contributed by atoms with Crippen LogP contribution in [0.25, 0.3) is 0 Å². The van der Waals surface area contributed by atoms with Crippen LogP contribution in [-0.2, 0) is 6.42 Å². The molecule has 1 heterocycles. The summed E-state index contributed by atoms with van der Waals surface area (Å²) in [5, 5.41) is 3.50. The van der Waals surface area contributed by atoms with E-state index in [9.17, 15) is 0 Å². The molecule has 0 fully saturated rings. The average molecular weight is 234 g/mol. The van der Waals surface area contributed by atoms with E-state index in [2.05, 4.69) is 31.3 Å². The summed E-state index contributed by atoms with van der Waals surface area (Å²) in [6.07, 6.45) is 1.25. The van der Waals surface area contributed by atoms with Crippen molar-refractivity contribution in [1.82, 2.24) is 5.32 Å². The molecule has 2 rings (SSSR count). The molecule has 0 aliphatic carbocycles. The summed E-state index contributed by atoms with van der Waals surface area (Å²) >= 11 is 0. The zero-order valence-electron chi connectivity index (χ0n) is 10.6. The fourth-order valence-electron chi connectivity index (χ4n) is 2.24. The van der Waals surface area contributed by atoms with Crippen LogP contribution in [0.1, 0.15) is 19.4 Å². The molecule has 1 aliphatic heterocycles. The summed E-state index contributed by atoms with van der Waals surface area (Å²) in [7, 11) is 0. The van der Waals surface area contributed by atoms with Gasteiger partial charge in [-0.2, -0.15) is 0 Å². The van der Waals surface area contributed by atoms with Gasteiger partial charge in [-0.05, 0) is 17.5 Å². The highest BCUT2D eigenvalue weighted by molar-refractivity contribution is 5.37. The number of nitrogens with two attached hydrogens (primary N) is 1. The van der Waals surface area contributed by atoms with E-state index in [1.807, 2.05) is 12.1 Å². The molecule has 1 aromatic carbocycles. The first-order chi connectivity index (χ1) is 8.20. The largest absolute Gasteiger partial charge is 0.488 e. The minimum absolute atomic E-state index is 0.250. The summed E-state index contributed by atoms with van der Waals surface area (Å²) in [5.74, 6) is 1.59. The number of hydrogen-bond donors (Lipinski definition) is 2. The van der Waals surface area contributed by atoms with Crippen LogP contribution >= 0.6 is 0 Å². The Balaban J connectivity index is 1.84. The van der Waals surface area contributed by atoms with Crippen molar-refractivity contribution in [3.05, 3.63) is 29.8 Å². The van der Waals surface area contributed by atoms with E-state index in [4.69, 9.17) is 10.5 Å². The first kappa shape index (κ1) is 12.4. The Morgan fingerprint density at radius 2 is 2.18 bits per heavy atom. The normalized spacial score (nSPS) is 20.1. The third kappa shape index (κ3) is 2.99. The van der Waals surface area contributed by atoms with Crippen molar-refractivity contribution in [3.8, 4) is 5.75 Å². The minimum Gasteiger partial charge on any atom is -0.488 e. The zero-order chi connectivity index (χ0) is 12.3. The first-order valence-corrected chi connectivity index (χ1v) is 6.38. The van der Waals surface area contributed by atoms with Crippen molar-refractivity contribution in [2.45, 2.75) is 32.4 Å². The highest BCUT2D eigenvalue weighted by atomic mass is 16.5. The van der Waals surface area contributed by atoms with Crippen LogP contribution in [0.2, 0.25) is 0 Å². The van der Waals surface area contributed by atoms with Gasteiger partial charge >= 0.3 is 0 Å². The molecule has 1 aliphatic rings. The average Bonchev–Trinajstić information content (AvgIpc) is 2.71. The van der Waals surface area contributed by atoms with Gasteiger partial charge in [0.15, 0.2) is 0 Å². The van der Waals surface area contributed by atoms with E-state index < -0.39 is 0 Å². The van der Waals surface area contributed by atoms with E-state index in [0.717, 1.165) is 18.7 Å². The van der Waals surface area contributed by atoms with Gasteiger partial charge in [0.25, 0.3) is 0 Å². The topological polar surface area (TPSA) is 47.3 Å². The third-order valence-electron chi connectivity index (χ3n) is 3.38. The zero-order valence-corrected chi connectivity index (χ0v) is 10.6. The first-order valence-electron chi connectivity index (χ1n) is 6.38. The molecule has 2 atom stereocenters. The number of rotatable bonds is 5. The van der Waals surface area contributed by atoms with Crippen molar-refractivity contribution in [3.63, 3.8) is 0 Å². The third-order valence-corrected chi connectivity index (χ3v) is 3.38. The van der Waals surface area contributed by atoms with Crippen LogP contribution in [0, 0.1) is 5.92 Å². The Hall–Kier alpha value is -1.06. The molecule has 0 bridgehead atoms. The molecule has 0 radical (unpaired) electrons. The number of fused-ring (bicyclic) bond motifs is 1. The van der Waals surface area contributed by atoms with Crippen LogP contribution < -0.4 is 15.8 Å². The smallest absolute Gasteiger partial charge is 0.123 e. The maximum Gasteiger partial charge on any atom is 0.123 e. The molecule has 94 valence electrons. The molecule has 3 nitrogen and oxygen atoms in total. The maximum absolute atomic E-state index is 5.88. The highest BCUT2D eigenvalue weighted by Crippen LogP contribution is 2.27. The maximum atomic E-state index is 5.88. The van der Waals surface area contributed by atoms with Gasteiger partial charge < -0.3 is 15.8 Å². The summed E-state index contributed by atoms with van der Waals surface area (Å²) in [6.45, 7) is 5.93. The molecule has 1 aromatic rings. The number of benzene rings is 1. The Bertz CT molecular complexity index is 340. The van der Waals surface area contributed by atoms with Crippen LogP contribution in [0.15, 0.2) is 24.3 Å². The minimum atomic E-state index is 0.250. The lowest BCUT2D eigenvalue weighted by Crippen LogP contribution is -2.44. The van der Waals surface area contributed by atoms with Gasteiger partial charge in [-0.1, -0.05) is 32.0 Å². The molecule has 0 aromatic heterocycles. The summed E-state index contributed by atoms with van der Waals surface area (Å²) in [5.41, 5.74) is 7.05. The van der Waals surface area contributed by atoms with Gasteiger partial charge in [-0.3, -0.25) is 0 Å². The number of nitrogens with one attached hydrogen (secondary N) is 1. The van der Waals surface area contributed by atoms with E-state index in [0.29, 0.717) is 18.5 Å². The molecule has 2 unspecified atom stereocenters. The standard InChI is InChI=1S/C14H22N2O/c1-10(2)13(8-15)16-9-12-7-11-5-3-4-6-14(11)17-12/h3-6,10,12-13,16H,7-9,15H2,1-2H3. The Morgan fingerprint density at radius 3 is 2.82 bits per heavy atom. The fourth-order valence-corrected chi connectivity index (χ4v) is 2.24. The highest BCUT2D eigenvalue weighted by Gasteiger charge is 2.23. The molecule has 17 heavy (non-hydrogen) atoms. The Kier molecular flexibility index (Phi) is 4.02. The van der Waals surface area contributed by atoms with Gasteiger partial charge in [-0.25, -0.2) is 0 Å². The predicted molar refractivity (Wildman–Crippen MR) is 70.2 cm³/mol. The van der Waals surface area contributed by atoms with Crippen molar-refractivity contribution < 1.29 is 4.74 Å². The Labute approximate surface area is 103 Å². The lowest BCUT2D eigenvalue weighted by atomic mass is 10.0. The van der Waals surface area contributed by atoms with Crippen molar-refractivity contribution >= 4 is 0 Å². The van der Waals surface area contributed by atoms with Gasteiger partial charge in [0.2, 0.25) is 0 Å². The van der Waals surface area contributed by atoms with Crippen LogP contribution in [0.5, 0.6) is 5.75 Å².